The molecule has 1 aromatic rings. The van der Waals surface area contributed by atoms with Crippen LogP contribution in [-0.4, -0.2) is 64.6 Å². The molecule has 1 aliphatic rings. The van der Waals surface area contributed by atoms with E-state index in [1.807, 2.05) is 5.48 Å². The molecule has 1 saturated heterocycles. The second kappa shape index (κ2) is 11.4. The van der Waals surface area contributed by atoms with Gasteiger partial charge in [-0.2, -0.15) is 4.98 Å². The Morgan fingerprint density at radius 1 is 0.872 bits per heavy atom. The average molecular weight is 602 g/mol. The van der Waals surface area contributed by atoms with Gasteiger partial charge in [0.15, 0.2) is 37.0 Å². The number of nitrogens with zero attached hydrogens (tertiary/aromatic N) is 2. The van der Waals surface area contributed by atoms with Crippen LogP contribution in [0.15, 0.2) is 17.1 Å². The van der Waals surface area contributed by atoms with Crippen molar-refractivity contribution in [3.05, 3.63) is 22.7 Å². The largest absolute Gasteiger partial charge is 0.414 e. The van der Waals surface area contributed by atoms with Gasteiger partial charge >= 0.3 is 5.69 Å². The summed E-state index contributed by atoms with van der Waals surface area (Å²) < 4.78 is 28.9. The number of hydrogen-bond acceptors (Lipinski definition) is 8. The van der Waals surface area contributed by atoms with Gasteiger partial charge in [0.05, 0.1) is 6.61 Å². The quantitative estimate of drug-likeness (QED) is 0.237. The van der Waals surface area contributed by atoms with Gasteiger partial charge in [-0.25, -0.2) is 4.79 Å². The lowest BCUT2D eigenvalue weighted by molar-refractivity contribution is -0.0509. The molecular formula is C27H55N3O6Si3. The predicted molar refractivity (Wildman–Crippen MR) is 165 cm³/mol. The molecule has 9 nitrogen and oxygen atoms in total. The van der Waals surface area contributed by atoms with Gasteiger partial charge in [0.1, 0.15) is 18.3 Å². The summed E-state index contributed by atoms with van der Waals surface area (Å²) in [7, 11) is -6.70. The first-order valence-electron chi connectivity index (χ1n) is 14.0. The van der Waals surface area contributed by atoms with E-state index in [0.29, 0.717) is 6.61 Å². The zero-order chi connectivity index (χ0) is 30.4. The third kappa shape index (κ3) is 7.70. The Morgan fingerprint density at radius 2 is 1.33 bits per heavy atom. The molecule has 1 unspecified atom stereocenters. The normalized spacial score (nSPS) is 23.8. The van der Waals surface area contributed by atoms with E-state index in [0.717, 1.165) is 0 Å². The van der Waals surface area contributed by atoms with Crippen molar-refractivity contribution in [3.8, 4) is 0 Å². The maximum atomic E-state index is 13.1. The second-order valence-electron chi connectivity index (χ2n) is 15.4. The van der Waals surface area contributed by atoms with Crippen molar-refractivity contribution in [2.24, 2.45) is 0 Å². The van der Waals surface area contributed by atoms with E-state index in [1.54, 1.807) is 6.20 Å². The topological polar surface area (TPSA) is 104 Å². The van der Waals surface area contributed by atoms with Gasteiger partial charge in [0.2, 0.25) is 0 Å². The van der Waals surface area contributed by atoms with Crippen molar-refractivity contribution in [3.63, 3.8) is 0 Å². The molecule has 1 aliphatic heterocycles. The van der Waals surface area contributed by atoms with Crippen molar-refractivity contribution >= 4 is 30.8 Å². The number of aromatic nitrogens is 2. The monoisotopic (exact) mass is 601 g/mol. The fourth-order valence-corrected chi connectivity index (χ4v) is 7.16. The second-order valence-corrected chi connectivity index (χ2v) is 29.8. The first-order valence-corrected chi connectivity index (χ1v) is 22.7. The molecule has 0 aromatic carbocycles. The standard InChI is InChI=1S/C27H55N3O6Si3/c1-25(2,3)37(10,11)33-18-19-21(35-38(12,13)26(4,5)6)22(36-39(14,15)27(7,8)9)23(34-19)30-17-16-20(29-32)28-24(30)31/h16-17,19,21-23,32H,18H2,1-15H3,(H,28,29,31)/t19-,21+,22?,23-/m1/s1. The Labute approximate surface area is 239 Å². The maximum Gasteiger partial charge on any atom is 0.351 e. The minimum Gasteiger partial charge on any atom is -0.414 e. The van der Waals surface area contributed by atoms with Gasteiger partial charge in [0, 0.05) is 6.20 Å². The smallest absolute Gasteiger partial charge is 0.351 e. The highest BCUT2D eigenvalue weighted by atomic mass is 28.4. The van der Waals surface area contributed by atoms with Crippen molar-refractivity contribution in [1.29, 1.82) is 0 Å². The molecule has 2 heterocycles. The first kappa shape index (κ1) is 34.3. The van der Waals surface area contributed by atoms with E-state index in [2.05, 4.69) is 107 Å². The number of ether oxygens (including phenoxy) is 1. The summed E-state index contributed by atoms with van der Waals surface area (Å²) >= 11 is 0. The van der Waals surface area contributed by atoms with Crippen LogP contribution in [-0.2, 0) is 18.0 Å². The van der Waals surface area contributed by atoms with Crippen LogP contribution in [0, 0.1) is 0 Å². The minimum atomic E-state index is -2.33. The molecule has 0 saturated carbocycles. The molecule has 1 aromatic heterocycles. The molecule has 0 amide bonds. The predicted octanol–water partition coefficient (Wildman–Crippen LogP) is 6.74. The molecule has 0 bridgehead atoms. The van der Waals surface area contributed by atoms with Crippen LogP contribution in [0.3, 0.4) is 0 Å². The fourth-order valence-electron chi connectivity index (χ4n) is 3.54. The summed E-state index contributed by atoms with van der Waals surface area (Å²) in [5, 5.41) is 9.20. The van der Waals surface area contributed by atoms with Gasteiger partial charge in [-0.1, -0.05) is 62.3 Å². The Bertz CT molecular complexity index is 1040. The van der Waals surface area contributed by atoms with E-state index >= 15 is 0 Å². The Balaban J connectivity index is 2.66. The Morgan fingerprint density at radius 3 is 1.74 bits per heavy atom. The lowest BCUT2D eigenvalue weighted by atomic mass is 10.1. The summed E-state index contributed by atoms with van der Waals surface area (Å²) in [5.74, 6) is 0.0722. The number of nitrogens with one attached hydrogen (secondary N) is 1. The van der Waals surface area contributed by atoms with Crippen LogP contribution in [0.4, 0.5) is 5.82 Å². The van der Waals surface area contributed by atoms with Crippen LogP contribution < -0.4 is 11.2 Å². The molecular weight excluding hydrogens is 547 g/mol. The van der Waals surface area contributed by atoms with Gasteiger partial charge in [-0.05, 0) is 60.5 Å². The van der Waals surface area contributed by atoms with Crippen molar-refractivity contribution in [2.75, 3.05) is 12.1 Å². The van der Waals surface area contributed by atoms with E-state index in [4.69, 9.17) is 18.0 Å². The molecule has 2 N–H and O–H groups in total. The van der Waals surface area contributed by atoms with Crippen molar-refractivity contribution in [1.82, 2.24) is 9.55 Å². The lowest BCUT2D eigenvalue weighted by Gasteiger charge is -2.44. The third-order valence-electron chi connectivity index (χ3n) is 9.39. The van der Waals surface area contributed by atoms with Gasteiger partial charge in [-0.3, -0.25) is 15.3 Å². The summed E-state index contributed by atoms with van der Waals surface area (Å²) in [6, 6.07) is 1.54. The SMILES string of the molecule is CC(C)(C)[Si](C)(C)OC[C@H]1O[C@@H](n2ccc(NO)nc2=O)C(O[Si](C)(C)C(C)(C)C)[C@H]1O[Si](C)(C)C(C)(C)C. The summed E-state index contributed by atoms with van der Waals surface area (Å²) in [4.78, 5) is 17.1. The van der Waals surface area contributed by atoms with Gasteiger partial charge in [0.25, 0.3) is 0 Å². The number of anilines is 1. The van der Waals surface area contributed by atoms with Crippen LogP contribution in [0.2, 0.25) is 54.4 Å². The molecule has 4 atom stereocenters. The average Bonchev–Trinajstić information content (AvgIpc) is 3.05. The van der Waals surface area contributed by atoms with Crippen molar-refractivity contribution in [2.45, 2.75) is 141 Å². The highest BCUT2D eigenvalue weighted by Crippen LogP contribution is 2.46. The molecule has 39 heavy (non-hydrogen) atoms. The Kier molecular flexibility index (Phi) is 10.1. The maximum absolute atomic E-state index is 13.1. The van der Waals surface area contributed by atoms with Crippen LogP contribution in [0.1, 0.15) is 68.5 Å². The van der Waals surface area contributed by atoms with Gasteiger partial charge in [-0.15, -0.1) is 0 Å². The van der Waals surface area contributed by atoms with E-state index in [9.17, 15) is 10.0 Å². The van der Waals surface area contributed by atoms with E-state index in [1.165, 1.54) is 10.6 Å². The molecule has 2 rings (SSSR count). The molecule has 226 valence electrons. The molecule has 12 heteroatoms. The Hall–Kier alpha value is -0.869. The highest BCUT2D eigenvalue weighted by Gasteiger charge is 2.55. The van der Waals surface area contributed by atoms with Crippen molar-refractivity contribution < 1.29 is 23.2 Å². The highest BCUT2D eigenvalue weighted by molar-refractivity contribution is 6.75. The number of rotatable bonds is 9. The zero-order valence-electron chi connectivity index (χ0n) is 27.1. The van der Waals surface area contributed by atoms with Crippen LogP contribution in [0.25, 0.3) is 0 Å². The van der Waals surface area contributed by atoms with Crippen LogP contribution >= 0.6 is 0 Å². The summed E-state index contributed by atoms with van der Waals surface area (Å²) in [6.45, 7) is 33.5. The molecule has 0 spiro atoms. The molecule has 1 fully saturated rings. The first-order chi connectivity index (χ1) is 17.3. The van der Waals surface area contributed by atoms with E-state index < -0.39 is 55.2 Å². The third-order valence-corrected chi connectivity index (χ3v) is 22.8. The lowest BCUT2D eigenvalue weighted by Crippen LogP contribution is -2.54. The summed E-state index contributed by atoms with van der Waals surface area (Å²) in [5.41, 5.74) is 1.41. The summed E-state index contributed by atoms with van der Waals surface area (Å²) in [6.07, 6.45) is -0.580. The molecule has 0 radical (unpaired) electrons. The number of hydrogen-bond donors (Lipinski definition) is 2. The fraction of sp³-hybridized carbons (Fsp3) is 0.852. The zero-order valence-corrected chi connectivity index (χ0v) is 30.1. The van der Waals surface area contributed by atoms with Crippen LogP contribution in [0.5, 0.6) is 0 Å². The van der Waals surface area contributed by atoms with Gasteiger partial charge < -0.3 is 18.0 Å². The van der Waals surface area contributed by atoms with E-state index in [-0.39, 0.29) is 20.9 Å². The minimum absolute atomic E-state index is 0.0335. The molecule has 0 aliphatic carbocycles.